The minimum absolute atomic E-state index is 0.489. The summed E-state index contributed by atoms with van der Waals surface area (Å²) in [7, 11) is 0. The third kappa shape index (κ3) is 18.7. The molecule has 1 N–H and O–H groups in total. The second-order valence-electron chi connectivity index (χ2n) is 7.00. The lowest BCUT2D eigenvalue weighted by atomic mass is 9.77. The van der Waals surface area contributed by atoms with E-state index in [4.69, 9.17) is 0 Å². The van der Waals surface area contributed by atoms with Crippen molar-refractivity contribution in [1.82, 2.24) is 10.2 Å². The van der Waals surface area contributed by atoms with Crippen molar-refractivity contribution in [2.45, 2.75) is 122 Å². The van der Waals surface area contributed by atoms with Crippen molar-refractivity contribution in [2.24, 2.45) is 11.3 Å². The molecule has 26 heavy (non-hydrogen) atoms. The van der Waals surface area contributed by atoms with Gasteiger partial charge >= 0.3 is 0 Å². The number of nitrogens with zero attached hydrogens (tertiary/aromatic N) is 1. The van der Waals surface area contributed by atoms with Crippen molar-refractivity contribution >= 4 is 0 Å². The average Bonchev–Trinajstić information content (AvgIpc) is 3.16. The van der Waals surface area contributed by atoms with Gasteiger partial charge in [0.1, 0.15) is 0 Å². The van der Waals surface area contributed by atoms with E-state index in [0.29, 0.717) is 5.41 Å². The summed E-state index contributed by atoms with van der Waals surface area (Å²) in [5.41, 5.74) is 0.489. The Hall–Kier alpha value is -0.0800. The maximum absolute atomic E-state index is 3.48. The van der Waals surface area contributed by atoms with Crippen LogP contribution >= 0.6 is 0 Å². The van der Waals surface area contributed by atoms with Crippen LogP contribution in [0.1, 0.15) is 116 Å². The molecule has 0 bridgehead atoms. The molecule has 2 rings (SSSR count). The van der Waals surface area contributed by atoms with Gasteiger partial charge in [0, 0.05) is 6.04 Å². The third-order valence-corrected chi connectivity index (χ3v) is 4.53. The van der Waals surface area contributed by atoms with Crippen molar-refractivity contribution in [3.05, 3.63) is 0 Å². The van der Waals surface area contributed by atoms with E-state index in [-0.39, 0.29) is 0 Å². The highest BCUT2D eigenvalue weighted by molar-refractivity contribution is 4.87. The van der Waals surface area contributed by atoms with E-state index in [0.717, 1.165) is 12.0 Å². The molecule has 0 saturated carbocycles. The van der Waals surface area contributed by atoms with E-state index >= 15 is 0 Å². The summed E-state index contributed by atoms with van der Waals surface area (Å²) in [5, 5.41) is 3.48. The zero-order valence-corrected chi connectivity index (χ0v) is 21.3. The molecule has 2 nitrogen and oxygen atoms in total. The lowest BCUT2D eigenvalue weighted by Gasteiger charge is -2.29. The molecule has 2 heteroatoms. The van der Waals surface area contributed by atoms with Gasteiger partial charge in [0.2, 0.25) is 0 Å². The van der Waals surface area contributed by atoms with Gasteiger partial charge in [-0.1, -0.05) is 89.5 Å². The van der Waals surface area contributed by atoms with Crippen LogP contribution in [-0.4, -0.2) is 37.1 Å². The maximum Gasteiger partial charge on any atom is 0.00724 e. The molecule has 0 amide bonds. The second-order valence-corrected chi connectivity index (χ2v) is 7.00. The summed E-state index contributed by atoms with van der Waals surface area (Å²) in [6, 6.07) is 0.722. The SMILES string of the molecule is CC.CC.CC.CC.CC1NCCC1C(C)(C)C.CCN1CCCCC1. The van der Waals surface area contributed by atoms with Gasteiger partial charge in [0.15, 0.2) is 0 Å². The van der Waals surface area contributed by atoms with Gasteiger partial charge in [-0.05, 0) is 63.7 Å². The maximum atomic E-state index is 3.48. The van der Waals surface area contributed by atoms with Crippen molar-refractivity contribution in [2.75, 3.05) is 26.2 Å². The van der Waals surface area contributed by atoms with Gasteiger partial charge < -0.3 is 10.2 Å². The molecular weight excluding hydrogens is 316 g/mol. The van der Waals surface area contributed by atoms with Crippen LogP contribution in [-0.2, 0) is 0 Å². The number of rotatable bonds is 1. The smallest absolute Gasteiger partial charge is 0.00724 e. The quantitative estimate of drug-likeness (QED) is 0.507. The number of likely N-dealkylation sites (tertiary alicyclic amines) is 1. The first-order valence-electron chi connectivity index (χ1n) is 11.9. The topological polar surface area (TPSA) is 15.3 Å². The van der Waals surface area contributed by atoms with Gasteiger partial charge in [0.05, 0.1) is 0 Å². The molecule has 0 spiro atoms. The second kappa shape index (κ2) is 24.9. The predicted octanol–water partition coefficient (Wildman–Crippen LogP) is 7.63. The van der Waals surface area contributed by atoms with Crippen molar-refractivity contribution in [3.63, 3.8) is 0 Å². The minimum atomic E-state index is 0.489. The summed E-state index contributed by atoms with van der Waals surface area (Å²) < 4.78 is 0. The normalized spacial score (nSPS) is 21.6. The summed E-state index contributed by atoms with van der Waals surface area (Å²) in [6.45, 7) is 32.7. The first-order chi connectivity index (χ1) is 12.4. The van der Waals surface area contributed by atoms with Crippen LogP contribution in [0.25, 0.3) is 0 Å². The molecule has 2 fully saturated rings. The summed E-state index contributed by atoms with van der Waals surface area (Å²) >= 11 is 0. The van der Waals surface area contributed by atoms with Gasteiger partial charge in [-0.3, -0.25) is 0 Å². The van der Waals surface area contributed by atoms with Gasteiger partial charge in [-0.25, -0.2) is 0 Å². The molecule has 0 aromatic carbocycles. The number of piperidine rings is 1. The molecule has 2 atom stereocenters. The number of nitrogens with one attached hydrogen (secondary N) is 1. The highest BCUT2D eigenvalue weighted by atomic mass is 15.1. The Morgan fingerprint density at radius 2 is 1.23 bits per heavy atom. The fourth-order valence-electron chi connectivity index (χ4n) is 3.32. The predicted molar refractivity (Wildman–Crippen MR) is 126 cm³/mol. The highest BCUT2D eigenvalue weighted by Gasteiger charge is 2.32. The average molecular weight is 375 g/mol. The van der Waals surface area contributed by atoms with Crippen molar-refractivity contribution < 1.29 is 0 Å². The molecule has 0 radical (unpaired) electrons. The molecule has 2 aliphatic heterocycles. The van der Waals surface area contributed by atoms with Crippen LogP contribution in [0.2, 0.25) is 0 Å². The summed E-state index contributed by atoms with van der Waals surface area (Å²) in [4.78, 5) is 2.52. The highest BCUT2D eigenvalue weighted by Crippen LogP contribution is 2.33. The Bertz CT molecular complexity index is 215. The van der Waals surface area contributed by atoms with Gasteiger partial charge in [-0.2, -0.15) is 0 Å². The fraction of sp³-hybridized carbons (Fsp3) is 1.00. The molecule has 0 aromatic rings. The van der Waals surface area contributed by atoms with Crippen LogP contribution < -0.4 is 5.32 Å². The molecule has 2 unspecified atom stereocenters. The molecule has 164 valence electrons. The monoisotopic (exact) mass is 374 g/mol. The molecule has 0 aromatic heterocycles. The molecule has 0 aliphatic carbocycles. The van der Waals surface area contributed by atoms with Crippen LogP contribution in [0.3, 0.4) is 0 Å². The molecular formula is C24H58N2. The Morgan fingerprint density at radius 3 is 1.42 bits per heavy atom. The summed E-state index contributed by atoms with van der Waals surface area (Å²) in [6.07, 6.45) is 5.66. The van der Waals surface area contributed by atoms with E-state index in [2.05, 4.69) is 44.8 Å². The van der Waals surface area contributed by atoms with Crippen LogP contribution in [0.5, 0.6) is 0 Å². The van der Waals surface area contributed by atoms with Crippen molar-refractivity contribution in [3.8, 4) is 0 Å². The van der Waals surface area contributed by atoms with Crippen LogP contribution in [0.15, 0.2) is 0 Å². The summed E-state index contributed by atoms with van der Waals surface area (Å²) in [5.74, 6) is 0.868. The first-order valence-corrected chi connectivity index (χ1v) is 11.9. The molecule has 2 saturated heterocycles. The zero-order valence-electron chi connectivity index (χ0n) is 21.3. The largest absolute Gasteiger partial charge is 0.314 e. The van der Waals surface area contributed by atoms with Crippen LogP contribution in [0, 0.1) is 11.3 Å². The standard InChI is InChI=1S/C9H19N.C7H15N.4C2H6/c1-7-8(5-6-10-7)9(2,3)4;1-2-8-6-4-3-5-7-8;4*1-2/h7-8,10H,5-6H2,1-4H3;2-7H2,1H3;4*1-2H3. The lowest BCUT2D eigenvalue weighted by molar-refractivity contribution is 0.225. The first kappa shape index (κ1) is 33.5. The fourth-order valence-corrected chi connectivity index (χ4v) is 3.32. The Kier molecular flexibility index (Phi) is 32.1. The molecule has 2 aliphatic rings. The Labute approximate surface area is 169 Å². The van der Waals surface area contributed by atoms with Gasteiger partial charge in [-0.15, -0.1) is 0 Å². The van der Waals surface area contributed by atoms with E-state index < -0.39 is 0 Å². The number of hydrogen-bond acceptors (Lipinski definition) is 2. The third-order valence-electron chi connectivity index (χ3n) is 4.53. The Balaban J connectivity index is -0.000000136. The van der Waals surface area contributed by atoms with E-state index in [9.17, 15) is 0 Å². The molecule has 2 heterocycles. The van der Waals surface area contributed by atoms with Gasteiger partial charge in [0.25, 0.3) is 0 Å². The number of hydrogen-bond donors (Lipinski definition) is 1. The van der Waals surface area contributed by atoms with E-state index in [1.807, 2.05) is 55.4 Å². The lowest BCUT2D eigenvalue weighted by Crippen LogP contribution is -2.31. The van der Waals surface area contributed by atoms with E-state index in [1.54, 1.807) is 0 Å². The minimum Gasteiger partial charge on any atom is -0.314 e. The Morgan fingerprint density at radius 1 is 0.808 bits per heavy atom. The van der Waals surface area contributed by atoms with Crippen LogP contribution in [0.4, 0.5) is 0 Å². The van der Waals surface area contributed by atoms with Crippen molar-refractivity contribution in [1.29, 1.82) is 0 Å². The zero-order chi connectivity index (χ0) is 21.6. The van der Waals surface area contributed by atoms with E-state index in [1.165, 1.54) is 51.9 Å².